The summed E-state index contributed by atoms with van der Waals surface area (Å²) in [5.74, 6) is 2.47. The second kappa shape index (κ2) is 6.08. The summed E-state index contributed by atoms with van der Waals surface area (Å²) in [6, 6.07) is 0. The Morgan fingerprint density at radius 3 is 2.37 bits per heavy atom. The van der Waals surface area contributed by atoms with E-state index in [-0.39, 0.29) is 5.41 Å². The fraction of sp³-hybridized carbons (Fsp3) is 0.714. The number of hydrogen-bond acceptors (Lipinski definition) is 5. The molecule has 0 spiro atoms. The second-order valence-electron chi connectivity index (χ2n) is 6.18. The van der Waals surface area contributed by atoms with Crippen LogP contribution < -0.4 is 15.8 Å². The molecule has 5 heteroatoms. The zero-order valence-corrected chi connectivity index (χ0v) is 12.9. The third-order valence-electron chi connectivity index (χ3n) is 2.79. The van der Waals surface area contributed by atoms with Crippen LogP contribution in [0.25, 0.3) is 0 Å². The van der Waals surface area contributed by atoms with Crippen LogP contribution in [-0.4, -0.2) is 23.6 Å². The Morgan fingerprint density at radius 1 is 1.26 bits per heavy atom. The number of nitrogens with one attached hydrogen (secondary N) is 1. The fourth-order valence-electron chi connectivity index (χ4n) is 1.55. The number of nitrogens with two attached hydrogens (primary N) is 1. The maximum absolute atomic E-state index is 6.01. The molecule has 0 fully saturated rings. The maximum Gasteiger partial charge on any atom is 0.242 e. The standard InChI is InChI=1S/C14H26N4O/c1-9(2)7-8-16-11-10(15)12(19-6)18-13(17-11)14(3,4)5/h9H,7-8,15H2,1-6H3,(H,16,17,18). The van der Waals surface area contributed by atoms with Gasteiger partial charge in [-0.1, -0.05) is 34.6 Å². The van der Waals surface area contributed by atoms with Gasteiger partial charge in [0, 0.05) is 12.0 Å². The highest BCUT2D eigenvalue weighted by atomic mass is 16.5. The van der Waals surface area contributed by atoms with Crippen LogP contribution in [0.15, 0.2) is 0 Å². The van der Waals surface area contributed by atoms with Crippen molar-refractivity contribution in [2.45, 2.75) is 46.5 Å². The first-order chi connectivity index (χ1) is 8.75. The Kier molecular flexibility index (Phi) is 4.97. The van der Waals surface area contributed by atoms with E-state index in [0.717, 1.165) is 18.8 Å². The maximum atomic E-state index is 6.01. The van der Waals surface area contributed by atoms with Gasteiger partial charge in [-0.15, -0.1) is 0 Å². The van der Waals surface area contributed by atoms with E-state index in [4.69, 9.17) is 10.5 Å². The van der Waals surface area contributed by atoms with E-state index >= 15 is 0 Å². The zero-order valence-electron chi connectivity index (χ0n) is 12.9. The molecule has 3 N–H and O–H groups in total. The van der Waals surface area contributed by atoms with Crippen LogP contribution in [0, 0.1) is 5.92 Å². The van der Waals surface area contributed by atoms with Crippen LogP contribution in [0.5, 0.6) is 5.88 Å². The van der Waals surface area contributed by atoms with Crippen molar-refractivity contribution in [2.75, 3.05) is 24.7 Å². The van der Waals surface area contributed by atoms with E-state index in [2.05, 4.69) is 49.9 Å². The highest BCUT2D eigenvalue weighted by molar-refractivity contribution is 5.67. The normalized spacial score (nSPS) is 11.7. The number of rotatable bonds is 5. The molecule has 0 aliphatic rings. The summed E-state index contributed by atoms with van der Waals surface area (Å²) < 4.78 is 5.23. The molecule has 1 aromatic rings. The van der Waals surface area contributed by atoms with Gasteiger partial charge in [-0.25, -0.2) is 4.98 Å². The number of hydrogen-bond donors (Lipinski definition) is 2. The van der Waals surface area contributed by atoms with Gasteiger partial charge in [0.2, 0.25) is 5.88 Å². The van der Waals surface area contributed by atoms with Gasteiger partial charge in [0.05, 0.1) is 7.11 Å². The summed E-state index contributed by atoms with van der Waals surface area (Å²) in [6.07, 6.45) is 1.07. The third-order valence-corrected chi connectivity index (χ3v) is 2.79. The highest BCUT2D eigenvalue weighted by Crippen LogP contribution is 2.30. The van der Waals surface area contributed by atoms with Gasteiger partial charge in [-0.2, -0.15) is 4.98 Å². The predicted octanol–water partition coefficient (Wildman–Crippen LogP) is 2.82. The van der Waals surface area contributed by atoms with Crippen molar-refractivity contribution < 1.29 is 4.74 Å². The average Bonchev–Trinajstić information content (AvgIpc) is 2.29. The molecule has 1 rings (SSSR count). The van der Waals surface area contributed by atoms with Crippen molar-refractivity contribution in [3.63, 3.8) is 0 Å². The van der Waals surface area contributed by atoms with Crippen molar-refractivity contribution in [1.82, 2.24) is 9.97 Å². The van der Waals surface area contributed by atoms with E-state index in [1.54, 1.807) is 7.11 Å². The predicted molar refractivity (Wildman–Crippen MR) is 79.6 cm³/mol. The summed E-state index contributed by atoms with van der Waals surface area (Å²) in [5.41, 5.74) is 6.34. The van der Waals surface area contributed by atoms with Gasteiger partial charge in [-0.3, -0.25) is 0 Å². The molecule has 0 atom stereocenters. The van der Waals surface area contributed by atoms with E-state index in [9.17, 15) is 0 Å². The van der Waals surface area contributed by atoms with E-state index in [1.807, 2.05) is 0 Å². The van der Waals surface area contributed by atoms with Crippen LogP contribution in [0.2, 0.25) is 0 Å². The number of nitrogens with zero attached hydrogens (tertiary/aromatic N) is 2. The lowest BCUT2D eigenvalue weighted by Crippen LogP contribution is -2.19. The Balaban J connectivity index is 3.01. The Hall–Kier alpha value is -1.52. The monoisotopic (exact) mass is 266 g/mol. The van der Waals surface area contributed by atoms with Crippen molar-refractivity contribution in [3.05, 3.63) is 5.82 Å². The molecule has 0 aliphatic carbocycles. The minimum Gasteiger partial charge on any atom is -0.479 e. The summed E-state index contributed by atoms with van der Waals surface area (Å²) in [6.45, 7) is 11.4. The molecular formula is C14H26N4O. The van der Waals surface area contributed by atoms with E-state index in [1.165, 1.54) is 0 Å². The number of ether oxygens (including phenoxy) is 1. The zero-order chi connectivity index (χ0) is 14.6. The van der Waals surface area contributed by atoms with Crippen LogP contribution in [0.3, 0.4) is 0 Å². The topological polar surface area (TPSA) is 73.1 Å². The molecule has 0 saturated carbocycles. The van der Waals surface area contributed by atoms with Gasteiger partial charge in [0.15, 0.2) is 5.82 Å². The average molecular weight is 266 g/mol. The highest BCUT2D eigenvalue weighted by Gasteiger charge is 2.21. The van der Waals surface area contributed by atoms with Crippen molar-refractivity contribution in [3.8, 4) is 5.88 Å². The lowest BCUT2D eigenvalue weighted by atomic mass is 9.96. The van der Waals surface area contributed by atoms with Gasteiger partial charge in [-0.05, 0) is 12.3 Å². The molecule has 1 heterocycles. The lowest BCUT2D eigenvalue weighted by molar-refractivity contribution is 0.391. The lowest BCUT2D eigenvalue weighted by Gasteiger charge is -2.20. The summed E-state index contributed by atoms with van der Waals surface area (Å²) >= 11 is 0. The molecule has 1 aromatic heterocycles. The first-order valence-electron chi connectivity index (χ1n) is 6.71. The first-order valence-corrected chi connectivity index (χ1v) is 6.71. The summed E-state index contributed by atoms with van der Waals surface area (Å²) in [7, 11) is 1.57. The number of nitrogen functional groups attached to an aromatic ring is 1. The Morgan fingerprint density at radius 2 is 1.89 bits per heavy atom. The number of aromatic nitrogens is 2. The van der Waals surface area contributed by atoms with E-state index in [0.29, 0.717) is 23.3 Å². The molecule has 0 amide bonds. The quantitative estimate of drug-likeness (QED) is 0.857. The molecule has 0 aromatic carbocycles. The van der Waals surface area contributed by atoms with E-state index < -0.39 is 0 Å². The molecule has 108 valence electrons. The first kappa shape index (κ1) is 15.5. The molecule has 0 aliphatic heterocycles. The van der Waals surface area contributed by atoms with Crippen molar-refractivity contribution in [2.24, 2.45) is 5.92 Å². The molecule has 0 bridgehead atoms. The van der Waals surface area contributed by atoms with Gasteiger partial charge < -0.3 is 15.8 Å². The van der Waals surface area contributed by atoms with Crippen LogP contribution in [-0.2, 0) is 5.41 Å². The molecule has 0 radical (unpaired) electrons. The number of anilines is 2. The van der Waals surface area contributed by atoms with Crippen LogP contribution >= 0.6 is 0 Å². The minimum absolute atomic E-state index is 0.143. The number of methoxy groups -OCH3 is 1. The third kappa shape index (κ3) is 4.26. The molecular weight excluding hydrogens is 240 g/mol. The fourth-order valence-corrected chi connectivity index (χ4v) is 1.55. The largest absolute Gasteiger partial charge is 0.479 e. The van der Waals surface area contributed by atoms with Crippen LogP contribution in [0.1, 0.15) is 46.9 Å². The van der Waals surface area contributed by atoms with Gasteiger partial charge >= 0.3 is 0 Å². The van der Waals surface area contributed by atoms with Gasteiger partial charge in [0.1, 0.15) is 11.5 Å². The minimum atomic E-state index is -0.143. The van der Waals surface area contributed by atoms with Crippen LogP contribution in [0.4, 0.5) is 11.5 Å². The molecule has 0 unspecified atom stereocenters. The smallest absolute Gasteiger partial charge is 0.242 e. The summed E-state index contributed by atoms with van der Waals surface area (Å²) in [5, 5.41) is 3.28. The van der Waals surface area contributed by atoms with Gasteiger partial charge in [0.25, 0.3) is 0 Å². The molecule has 19 heavy (non-hydrogen) atoms. The SMILES string of the molecule is COc1nc(C(C)(C)C)nc(NCCC(C)C)c1N. The molecule has 0 saturated heterocycles. The van der Waals surface area contributed by atoms with Crippen molar-refractivity contribution >= 4 is 11.5 Å². The Labute approximate surface area is 116 Å². The Bertz CT molecular complexity index is 424. The second-order valence-corrected chi connectivity index (χ2v) is 6.18. The molecule has 5 nitrogen and oxygen atoms in total. The van der Waals surface area contributed by atoms with Crippen molar-refractivity contribution in [1.29, 1.82) is 0 Å². The summed E-state index contributed by atoms with van der Waals surface area (Å²) in [4.78, 5) is 8.89.